The van der Waals surface area contributed by atoms with Crippen LogP contribution in [0, 0.1) is 5.92 Å². The molecule has 0 radical (unpaired) electrons. The van der Waals surface area contributed by atoms with Crippen molar-refractivity contribution in [3.8, 4) is 0 Å². The molecule has 0 spiro atoms. The number of nitrogens with zero attached hydrogens (tertiary/aromatic N) is 2. The van der Waals surface area contributed by atoms with Crippen molar-refractivity contribution in [2.24, 2.45) is 5.92 Å². The number of benzene rings is 1. The number of hydrogen-bond acceptors (Lipinski definition) is 2. The summed E-state index contributed by atoms with van der Waals surface area (Å²) < 4.78 is 0. The minimum atomic E-state index is 0.0510. The molecule has 0 aromatic heterocycles. The Bertz CT molecular complexity index is 672. The van der Waals surface area contributed by atoms with E-state index in [-0.39, 0.29) is 18.1 Å². The Kier molecular flexibility index (Phi) is 5.88. The van der Waals surface area contributed by atoms with E-state index in [9.17, 15) is 9.59 Å². The van der Waals surface area contributed by atoms with Crippen LogP contribution < -0.4 is 5.32 Å². The highest BCUT2D eigenvalue weighted by molar-refractivity contribution is 5.81. The molecule has 1 N–H and O–H groups in total. The van der Waals surface area contributed by atoms with E-state index in [1.54, 1.807) is 0 Å². The lowest BCUT2D eigenvalue weighted by Crippen LogP contribution is -2.52. The standard InChI is InChI=1S/C23H33N3O2/c1-25(21-13-15-26(16-14-21)22(27)19-7-8-19)23(28)24-20-11-9-18(10-12-20)17-5-3-2-4-6-17/h2-6,18-21H,7-16H2,1H3,(H,24,28). The van der Waals surface area contributed by atoms with Gasteiger partial charge in [-0.3, -0.25) is 4.79 Å². The highest BCUT2D eigenvalue weighted by Crippen LogP contribution is 2.33. The molecule has 3 aliphatic rings. The van der Waals surface area contributed by atoms with E-state index in [1.165, 1.54) is 5.56 Å². The van der Waals surface area contributed by atoms with E-state index < -0.39 is 0 Å². The third-order valence-corrected chi connectivity index (χ3v) is 6.90. The topological polar surface area (TPSA) is 52.7 Å². The maximum Gasteiger partial charge on any atom is 0.317 e. The number of carbonyl (C=O) groups is 2. The van der Waals surface area contributed by atoms with Crippen molar-refractivity contribution in [3.05, 3.63) is 35.9 Å². The van der Waals surface area contributed by atoms with Crippen molar-refractivity contribution in [1.82, 2.24) is 15.1 Å². The summed E-state index contributed by atoms with van der Waals surface area (Å²) in [6.45, 7) is 1.58. The molecule has 2 aliphatic carbocycles. The molecule has 1 heterocycles. The molecule has 28 heavy (non-hydrogen) atoms. The molecular formula is C23H33N3O2. The Morgan fingerprint density at radius 1 is 0.929 bits per heavy atom. The number of hydrogen-bond donors (Lipinski definition) is 1. The summed E-state index contributed by atoms with van der Waals surface area (Å²) in [4.78, 5) is 28.8. The molecule has 3 fully saturated rings. The van der Waals surface area contributed by atoms with Crippen molar-refractivity contribution in [3.63, 3.8) is 0 Å². The van der Waals surface area contributed by atoms with Gasteiger partial charge >= 0.3 is 6.03 Å². The lowest BCUT2D eigenvalue weighted by Gasteiger charge is -2.38. The second-order valence-electron chi connectivity index (χ2n) is 8.85. The van der Waals surface area contributed by atoms with Crippen LogP contribution in [-0.2, 0) is 4.79 Å². The molecule has 0 unspecified atom stereocenters. The van der Waals surface area contributed by atoms with Crippen molar-refractivity contribution < 1.29 is 9.59 Å². The predicted octanol–water partition coefficient (Wildman–Crippen LogP) is 3.76. The Morgan fingerprint density at radius 2 is 1.57 bits per heavy atom. The normalized spacial score (nSPS) is 26.0. The maximum atomic E-state index is 12.7. The predicted molar refractivity (Wildman–Crippen MR) is 110 cm³/mol. The first kappa shape index (κ1) is 19.3. The lowest BCUT2D eigenvalue weighted by atomic mass is 9.82. The second-order valence-corrected chi connectivity index (χ2v) is 8.85. The molecule has 1 aliphatic heterocycles. The van der Waals surface area contributed by atoms with Crippen molar-refractivity contribution in [2.45, 2.75) is 69.4 Å². The van der Waals surface area contributed by atoms with E-state index in [0.29, 0.717) is 17.7 Å². The van der Waals surface area contributed by atoms with Crippen LogP contribution in [0.5, 0.6) is 0 Å². The summed E-state index contributed by atoms with van der Waals surface area (Å²) in [5, 5.41) is 3.26. The van der Waals surface area contributed by atoms with E-state index in [0.717, 1.165) is 64.5 Å². The first-order chi connectivity index (χ1) is 13.6. The number of carbonyl (C=O) groups excluding carboxylic acids is 2. The highest BCUT2D eigenvalue weighted by atomic mass is 16.2. The molecule has 5 nitrogen and oxygen atoms in total. The fourth-order valence-electron chi connectivity index (χ4n) is 4.80. The Balaban J connectivity index is 1.20. The molecule has 4 rings (SSSR count). The fraction of sp³-hybridized carbons (Fsp3) is 0.652. The zero-order valence-corrected chi connectivity index (χ0v) is 17.0. The number of piperidine rings is 1. The first-order valence-electron chi connectivity index (χ1n) is 11.0. The summed E-state index contributed by atoms with van der Waals surface area (Å²) in [7, 11) is 1.91. The Hall–Kier alpha value is -2.04. The minimum Gasteiger partial charge on any atom is -0.342 e. The van der Waals surface area contributed by atoms with Gasteiger partial charge in [0.15, 0.2) is 0 Å². The molecule has 152 valence electrons. The molecule has 2 saturated carbocycles. The van der Waals surface area contributed by atoms with Crippen molar-refractivity contribution in [2.75, 3.05) is 20.1 Å². The molecule has 1 saturated heterocycles. The van der Waals surface area contributed by atoms with Gasteiger partial charge in [-0.15, -0.1) is 0 Å². The van der Waals surface area contributed by atoms with Gasteiger partial charge in [-0.25, -0.2) is 4.79 Å². The average Bonchev–Trinajstić information content (AvgIpc) is 3.59. The second kappa shape index (κ2) is 8.54. The van der Waals surface area contributed by atoms with Crippen LogP contribution >= 0.6 is 0 Å². The SMILES string of the molecule is CN(C(=O)NC1CCC(c2ccccc2)CC1)C1CCN(C(=O)C2CC2)CC1. The third kappa shape index (κ3) is 4.50. The molecule has 5 heteroatoms. The van der Waals surface area contributed by atoms with Gasteiger partial charge in [0.05, 0.1) is 0 Å². The summed E-state index contributed by atoms with van der Waals surface area (Å²) >= 11 is 0. The van der Waals surface area contributed by atoms with Crippen LogP contribution in [0.25, 0.3) is 0 Å². The quantitative estimate of drug-likeness (QED) is 0.861. The van der Waals surface area contributed by atoms with Crippen LogP contribution in [0.2, 0.25) is 0 Å². The van der Waals surface area contributed by atoms with Crippen LogP contribution in [0.1, 0.15) is 62.8 Å². The Morgan fingerprint density at radius 3 is 2.18 bits per heavy atom. The van der Waals surface area contributed by atoms with Crippen LogP contribution in [0.3, 0.4) is 0 Å². The van der Waals surface area contributed by atoms with Crippen LogP contribution in [0.15, 0.2) is 30.3 Å². The van der Waals surface area contributed by atoms with Gasteiger partial charge in [0.25, 0.3) is 0 Å². The van der Waals surface area contributed by atoms with Gasteiger partial charge in [-0.2, -0.15) is 0 Å². The lowest BCUT2D eigenvalue weighted by molar-refractivity contribution is -0.133. The van der Waals surface area contributed by atoms with Gasteiger partial charge in [0.2, 0.25) is 5.91 Å². The summed E-state index contributed by atoms with van der Waals surface area (Å²) in [6.07, 6.45) is 8.29. The largest absolute Gasteiger partial charge is 0.342 e. The molecule has 1 aromatic rings. The van der Waals surface area contributed by atoms with E-state index >= 15 is 0 Å². The molecule has 1 aromatic carbocycles. The van der Waals surface area contributed by atoms with Gasteiger partial charge in [0.1, 0.15) is 0 Å². The van der Waals surface area contributed by atoms with Gasteiger partial charge in [0, 0.05) is 38.1 Å². The number of rotatable bonds is 4. The van der Waals surface area contributed by atoms with Gasteiger partial charge in [-0.05, 0) is 62.8 Å². The number of urea groups is 1. The maximum absolute atomic E-state index is 12.7. The summed E-state index contributed by atoms with van der Waals surface area (Å²) in [5.74, 6) is 1.25. The molecular weight excluding hydrogens is 350 g/mol. The average molecular weight is 384 g/mol. The smallest absolute Gasteiger partial charge is 0.317 e. The fourth-order valence-corrected chi connectivity index (χ4v) is 4.80. The van der Waals surface area contributed by atoms with E-state index in [4.69, 9.17) is 0 Å². The van der Waals surface area contributed by atoms with Gasteiger partial charge < -0.3 is 15.1 Å². The number of amides is 3. The third-order valence-electron chi connectivity index (χ3n) is 6.90. The highest BCUT2D eigenvalue weighted by Gasteiger charge is 2.36. The number of nitrogens with one attached hydrogen (secondary N) is 1. The minimum absolute atomic E-state index is 0.0510. The Labute approximate surface area is 168 Å². The van der Waals surface area contributed by atoms with Crippen LogP contribution in [0.4, 0.5) is 4.79 Å². The molecule has 3 amide bonds. The monoisotopic (exact) mass is 383 g/mol. The van der Waals surface area contributed by atoms with Crippen LogP contribution in [-0.4, -0.2) is 54.0 Å². The zero-order chi connectivity index (χ0) is 19.5. The molecule has 0 bridgehead atoms. The van der Waals surface area contributed by atoms with Crippen molar-refractivity contribution in [1.29, 1.82) is 0 Å². The van der Waals surface area contributed by atoms with Crippen molar-refractivity contribution >= 4 is 11.9 Å². The van der Waals surface area contributed by atoms with E-state index in [1.807, 2.05) is 16.8 Å². The summed E-state index contributed by atoms with van der Waals surface area (Å²) in [5.41, 5.74) is 1.43. The first-order valence-corrected chi connectivity index (χ1v) is 11.0. The molecule has 0 atom stereocenters. The zero-order valence-electron chi connectivity index (χ0n) is 17.0. The summed E-state index contributed by atoms with van der Waals surface area (Å²) in [6, 6.07) is 11.3. The van der Waals surface area contributed by atoms with Gasteiger partial charge in [-0.1, -0.05) is 30.3 Å². The number of likely N-dealkylation sites (tertiary alicyclic amines) is 1. The van der Waals surface area contributed by atoms with E-state index in [2.05, 4.69) is 35.6 Å².